The minimum atomic E-state index is -1.07. The maximum absolute atomic E-state index is 10.1. The zero-order valence-electron chi connectivity index (χ0n) is 7.72. The van der Waals surface area contributed by atoms with Gasteiger partial charge in [0.2, 0.25) is 0 Å². The zero-order chi connectivity index (χ0) is 9.56. The summed E-state index contributed by atoms with van der Waals surface area (Å²) in [5, 5.41) is 11.4. The van der Waals surface area contributed by atoms with Gasteiger partial charge in [0.15, 0.2) is 0 Å². The minimum absolute atomic E-state index is 0.0221. The Morgan fingerprint density at radius 3 is 2.50 bits per heavy atom. The molecule has 0 radical (unpaired) electrons. The molecule has 0 aliphatic carbocycles. The molecule has 0 aromatic carbocycles. The SMILES string of the molecule is CCNC(C#CC(=O)O)C(C)C. The number of hydrogen-bond donors (Lipinski definition) is 2. The molecule has 2 N–H and O–H groups in total. The first-order chi connectivity index (χ1) is 5.57. The first kappa shape index (κ1) is 11.0. The number of rotatable bonds is 3. The van der Waals surface area contributed by atoms with Crippen LogP contribution in [0.5, 0.6) is 0 Å². The van der Waals surface area contributed by atoms with Gasteiger partial charge in [0.1, 0.15) is 0 Å². The summed E-state index contributed by atoms with van der Waals surface area (Å²) in [5.41, 5.74) is 0. The van der Waals surface area contributed by atoms with E-state index >= 15 is 0 Å². The highest BCUT2D eigenvalue weighted by atomic mass is 16.4. The van der Waals surface area contributed by atoms with Crippen LogP contribution in [0.4, 0.5) is 0 Å². The van der Waals surface area contributed by atoms with Gasteiger partial charge >= 0.3 is 5.97 Å². The number of carboxylic acids is 1. The van der Waals surface area contributed by atoms with Gasteiger partial charge in [-0.15, -0.1) is 0 Å². The average Bonchev–Trinajstić information content (AvgIpc) is 1.96. The van der Waals surface area contributed by atoms with Crippen molar-refractivity contribution in [2.24, 2.45) is 5.92 Å². The predicted octanol–water partition coefficient (Wildman–Crippen LogP) is 0.708. The van der Waals surface area contributed by atoms with E-state index in [-0.39, 0.29) is 6.04 Å². The Morgan fingerprint density at radius 2 is 2.17 bits per heavy atom. The standard InChI is InChI=1S/C9H15NO2/c1-4-10-8(7(2)3)5-6-9(11)12/h7-8,10H,4H2,1-3H3,(H,11,12). The number of carbonyl (C=O) groups is 1. The Balaban J connectivity index is 4.15. The summed E-state index contributed by atoms with van der Waals surface area (Å²) in [4.78, 5) is 10.1. The lowest BCUT2D eigenvalue weighted by Crippen LogP contribution is -2.32. The maximum atomic E-state index is 10.1. The third-order valence-electron chi connectivity index (χ3n) is 1.43. The molecule has 1 unspecified atom stereocenters. The van der Waals surface area contributed by atoms with Crippen LogP contribution in [-0.4, -0.2) is 23.7 Å². The first-order valence-corrected chi connectivity index (χ1v) is 4.05. The largest absolute Gasteiger partial charge is 0.472 e. The van der Waals surface area contributed by atoms with E-state index in [4.69, 9.17) is 5.11 Å². The highest BCUT2D eigenvalue weighted by molar-refractivity contribution is 5.86. The monoisotopic (exact) mass is 169 g/mol. The third kappa shape index (κ3) is 4.75. The molecule has 0 amide bonds. The van der Waals surface area contributed by atoms with E-state index < -0.39 is 5.97 Å². The van der Waals surface area contributed by atoms with Crippen molar-refractivity contribution in [3.8, 4) is 11.8 Å². The Kier molecular flexibility index (Phi) is 5.14. The van der Waals surface area contributed by atoms with Crippen LogP contribution >= 0.6 is 0 Å². The van der Waals surface area contributed by atoms with Gasteiger partial charge < -0.3 is 10.4 Å². The normalized spacial score (nSPS) is 12.0. The second-order valence-electron chi connectivity index (χ2n) is 2.85. The van der Waals surface area contributed by atoms with E-state index in [1.165, 1.54) is 0 Å². The molecule has 0 spiro atoms. The molecule has 0 aliphatic heterocycles. The molecule has 0 rings (SSSR count). The highest BCUT2D eigenvalue weighted by Crippen LogP contribution is 1.98. The lowest BCUT2D eigenvalue weighted by atomic mass is 10.1. The van der Waals surface area contributed by atoms with Crippen molar-refractivity contribution < 1.29 is 9.90 Å². The summed E-state index contributed by atoms with van der Waals surface area (Å²) in [7, 11) is 0. The molecule has 3 heteroatoms. The molecule has 0 saturated heterocycles. The Bertz CT molecular complexity index is 200. The zero-order valence-corrected chi connectivity index (χ0v) is 7.72. The van der Waals surface area contributed by atoms with Crippen molar-refractivity contribution in [2.45, 2.75) is 26.8 Å². The number of nitrogens with one attached hydrogen (secondary N) is 1. The van der Waals surface area contributed by atoms with Crippen LogP contribution in [0.15, 0.2) is 0 Å². The van der Waals surface area contributed by atoms with Crippen molar-refractivity contribution in [1.29, 1.82) is 0 Å². The molecular weight excluding hydrogens is 154 g/mol. The number of aliphatic carboxylic acids is 1. The lowest BCUT2D eigenvalue weighted by molar-refractivity contribution is -0.130. The number of hydrogen-bond acceptors (Lipinski definition) is 2. The Labute approximate surface area is 73.2 Å². The molecule has 12 heavy (non-hydrogen) atoms. The summed E-state index contributed by atoms with van der Waals surface area (Å²) >= 11 is 0. The van der Waals surface area contributed by atoms with Gasteiger partial charge in [0.05, 0.1) is 6.04 Å². The molecule has 0 aromatic heterocycles. The van der Waals surface area contributed by atoms with Crippen molar-refractivity contribution >= 4 is 5.97 Å². The van der Waals surface area contributed by atoms with E-state index in [0.29, 0.717) is 5.92 Å². The highest BCUT2D eigenvalue weighted by Gasteiger charge is 2.07. The van der Waals surface area contributed by atoms with Crippen LogP contribution in [-0.2, 0) is 4.79 Å². The summed E-state index contributed by atoms with van der Waals surface area (Å²) in [6.45, 7) is 6.78. The lowest BCUT2D eigenvalue weighted by Gasteiger charge is -2.14. The van der Waals surface area contributed by atoms with Crippen LogP contribution in [0.3, 0.4) is 0 Å². The number of carboxylic acid groups (broad SMARTS) is 1. The fraction of sp³-hybridized carbons (Fsp3) is 0.667. The van der Waals surface area contributed by atoms with Crippen LogP contribution in [0.1, 0.15) is 20.8 Å². The third-order valence-corrected chi connectivity index (χ3v) is 1.43. The fourth-order valence-electron chi connectivity index (χ4n) is 0.813. The molecule has 0 aliphatic rings. The van der Waals surface area contributed by atoms with Crippen molar-refractivity contribution in [3.05, 3.63) is 0 Å². The summed E-state index contributed by atoms with van der Waals surface area (Å²) in [5.74, 6) is 4.03. The molecule has 1 atom stereocenters. The fourth-order valence-corrected chi connectivity index (χ4v) is 0.813. The smallest absolute Gasteiger partial charge is 0.381 e. The van der Waals surface area contributed by atoms with Gasteiger partial charge in [-0.2, -0.15) is 0 Å². The quantitative estimate of drug-likeness (QED) is 0.612. The molecule has 0 fully saturated rings. The van der Waals surface area contributed by atoms with E-state index in [2.05, 4.69) is 17.2 Å². The van der Waals surface area contributed by atoms with Crippen LogP contribution < -0.4 is 5.32 Å². The van der Waals surface area contributed by atoms with Gasteiger partial charge in [-0.25, -0.2) is 4.79 Å². The minimum Gasteiger partial charge on any atom is -0.472 e. The average molecular weight is 169 g/mol. The maximum Gasteiger partial charge on any atom is 0.381 e. The first-order valence-electron chi connectivity index (χ1n) is 4.05. The van der Waals surface area contributed by atoms with E-state index in [1.54, 1.807) is 0 Å². The van der Waals surface area contributed by atoms with Crippen molar-refractivity contribution in [1.82, 2.24) is 5.32 Å². The van der Waals surface area contributed by atoms with Gasteiger partial charge in [-0.3, -0.25) is 0 Å². The van der Waals surface area contributed by atoms with Crippen LogP contribution in [0.2, 0.25) is 0 Å². The molecular formula is C9H15NO2. The molecule has 0 saturated carbocycles. The molecule has 3 nitrogen and oxygen atoms in total. The Morgan fingerprint density at radius 1 is 1.58 bits per heavy atom. The Hall–Kier alpha value is -1.01. The summed E-state index contributed by atoms with van der Waals surface area (Å²) in [6.07, 6.45) is 0. The predicted molar refractivity (Wildman–Crippen MR) is 47.7 cm³/mol. The molecule has 0 heterocycles. The molecule has 0 bridgehead atoms. The molecule has 0 aromatic rings. The van der Waals surface area contributed by atoms with E-state index in [9.17, 15) is 4.79 Å². The van der Waals surface area contributed by atoms with Crippen LogP contribution in [0, 0.1) is 17.8 Å². The topological polar surface area (TPSA) is 49.3 Å². The summed E-state index contributed by atoms with van der Waals surface area (Å²) < 4.78 is 0. The van der Waals surface area contributed by atoms with Crippen molar-refractivity contribution in [3.63, 3.8) is 0 Å². The second-order valence-corrected chi connectivity index (χ2v) is 2.85. The van der Waals surface area contributed by atoms with Gasteiger partial charge in [-0.05, 0) is 12.5 Å². The van der Waals surface area contributed by atoms with Gasteiger partial charge in [0.25, 0.3) is 0 Å². The van der Waals surface area contributed by atoms with E-state index in [0.717, 1.165) is 6.54 Å². The second kappa shape index (κ2) is 5.62. The van der Waals surface area contributed by atoms with Crippen molar-refractivity contribution in [2.75, 3.05) is 6.54 Å². The summed E-state index contributed by atoms with van der Waals surface area (Å²) in [6, 6.07) is -0.0221. The van der Waals surface area contributed by atoms with E-state index in [1.807, 2.05) is 20.8 Å². The molecule has 68 valence electrons. The van der Waals surface area contributed by atoms with Crippen LogP contribution in [0.25, 0.3) is 0 Å². The van der Waals surface area contributed by atoms with Gasteiger partial charge in [-0.1, -0.05) is 26.7 Å². The van der Waals surface area contributed by atoms with Gasteiger partial charge in [0, 0.05) is 5.92 Å².